The van der Waals surface area contributed by atoms with Crippen LogP contribution in [0.5, 0.6) is 0 Å². The lowest BCUT2D eigenvalue weighted by Gasteiger charge is -2.34. The Balaban J connectivity index is 4.83. The molecule has 0 fully saturated rings. The lowest BCUT2D eigenvalue weighted by molar-refractivity contribution is -0.141. The Hall–Kier alpha value is -0.410. The first-order valence-corrected chi connectivity index (χ1v) is 5.35. The minimum Gasteiger partial charge on any atom is -0.396 e. The fourth-order valence-electron chi connectivity index (χ4n) is 1.47. The van der Waals surface area contributed by atoms with E-state index >= 15 is 0 Å². The van der Waals surface area contributed by atoms with Crippen molar-refractivity contribution >= 4 is 5.78 Å². The zero-order valence-electron chi connectivity index (χ0n) is 10.7. The number of aliphatic hydroxyl groups excluding tert-OH is 2. The Bertz CT molecular complexity index is 220. The molecule has 15 heavy (non-hydrogen) atoms. The van der Waals surface area contributed by atoms with Crippen LogP contribution in [0.15, 0.2) is 0 Å². The summed E-state index contributed by atoms with van der Waals surface area (Å²) in [6.45, 7) is 10.9. The highest BCUT2D eigenvalue weighted by molar-refractivity contribution is 5.88. The first kappa shape index (κ1) is 14.6. The third kappa shape index (κ3) is 3.92. The van der Waals surface area contributed by atoms with Crippen molar-refractivity contribution in [2.24, 2.45) is 16.7 Å². The van der Waals surface area contributed by atoms with Crippen LogP contribution in [0.1, 0.15) is 41.5 Å². The van der Waals surface area contributed by atoms with Crippen molar-refractivity contribution in [2.45, 2.75) is 47.6 Å². The molecule has 0 saturated carbocycles. The summed E-state index contributed by atoms with van der Waals surface area (Å²) in [5, 5.41) is 19.2. The van der Waals surface area contributed by atoms with Crippen LogP contribution in [0.4, 0.5) is 0 Å². The van der Waals surface area contributed by atoms with E-state index in [0.29, 0.717) is 0 Å². The molecule has 0 aliphatic heterocycles. The molecule has 0 spiro atoms. The van der Waals surface area contributed by atoms with Crippen LogP contribution in [-0.4, -0.2) is 28.7 Å². The Kier molecular flexibility index (Phi) is 4.49. The second-order valence-electron chi connectivity index (χ2n) is 6.21. The molecule has 0 aliphatic carbocycles. The highest BCUT2D eigenvalue weighted by Crippen LogP contribution is 2.31. The molecule has 0 bridgehead atoms. The number of carbonyl (C=O) groups excluding carboxylic acids is 1. The lowest BCUT2D eigenvalue weighted by Crippen LogP contribution is -2.44. The van der Waals surface area contributed by atoms with E-state index in [0.717, 1.165) is 0 Å². The Morgan fingerprint density at radius 3 is 1.73 bits per heavy atom. The maximum absolute atomic E-state index is 11.9. The molecule has 0 heterocycles. The smallest absolute Gasteiger partial charge is 0.166 e. The topological polar surface area (TPSA) is 57.5 Å². The molecule has 0 aliphatic rings. The molecule has 3 heteroatoms. The van der Waals surface area contributed by atoms with Gasteiger partial charge in [0.2, 0.25) is 0 Å². The van der Waals surface area contributed by atoms with Crippen LogP contribution in [0.3, 0.4) is 0 Å². The molecule has 0 saturated heterocycles. The molecule has 0 rings (SSSR count). The van der Waals surface area contributed by atoms with Crippen LogP contribution >= 0.6 is 0 Å². The SMILES string of the molecule is CC(C)(C)C(=O)[C@H](O)[C@H](CO)C(C)(C)C. The highest BCUT2D eigenvalue weighted by atomic mass is 16.3. The number of Topliss-reactive ketones (excluding diaryl/α,β-unsaturated/α-hetero) is 1. The summed E-state index contributed by atoms with van der Waals surface area (Å²) in [6.07, 6.45) is -1.09. The predicted octanol–water partition coefficient (Wildman–Crippen LogP) is 1.62. The van der Waals surface area contributed by atoms with Gasteiger partial charge < -0.3 is 10.2 Å². The fourth-order valence-corrected chi connectivity index (χ4v) is 1.47. The van der Waals surface area contributed by atoms with Crippen LogP contribution in [0.2, 0.25) is 0 Å². The number of hydrogen-bond acceptors (Lipinski definition) is 3. The van der Waals surface area contributed by atoms with E-state index in [1.54, 1.807) is 20.8 Å². The van der Waals surface area contributed by atoms with E-state index in [-0.39, 0.29) is 17.8 Å². The summed E-state index contributed by atoms with van der Waals surface area (Å²) in [4.78, 5) is 11.9. The summed E-state index contributed by atoms with van der Waals surface area (Å²) in [5.74, 6) is -0.624. The average molecular weight is 216 g/mol. The number of hydrogen-bond donors (Lipinski definition) is 2. The zero-order valence-corrected chi connectivity index (χ0v) is 10.7. The Morgan fingerprint density at radius 2 is 1.53 bits per heavy atom. The van der Waals surface area contributed by atoms with Crippen molar-refractivity contribution in [1.82, 2.24) is 0 Å². The van der Waals surface area contributed by atoms with Crippen molar-refractivity contribution in [2.75, 3.05) is 6.61 Å². The van der Waals surface area contributed by atoms with Crippen molar-refractivity contribution < 1.29 is 15.0 Å². The monoisotopic (exact) mass is 216 g/mol. The number of aliphatic hydroxyl groups is 2. The van der Waals surface area contributed by atoms with Crippen LogP contribution < -0.4 is 0 Å². The molecule has 90 valence electrons. The highest BCUT2D eigenvalue weighted by Gasteiger charge is 2.38. The standard InChI is InChI=1S/C12H24O3/c1-11(2,3)8(7-13)9(14)10(15)12(4,5)6/h8-9,13-14H,7H2,1-6H3/t8-,9+/m0/s1. The van der Waals surface area contributed by atoms with Crippen LogP contribution in [-0.2, 0) is 4.79 Å². The van der Waals surface area contributed by atoms with E-state index in [2.05, 4.69) is 0 Å². The van der Waals surface area contributed by atoms with Gasteiger partial charge in [0.1, 0.15) is 6.10 Å². The summed E-state index contributed by atoms with van der Waals surface area (Å²) < 4.78 is 0. The number of ketones is 1. The van der Waals surface area contributed by atoms with Gasteiger partial charge in [0.25, 0.3) is 0 Å². The van der Waals surface area contributed by atoms with Crippen molar-refractivity contribution in [3.63, 3.8) is 0 Å². The van der Waals surface area contributed by atoms with Gasteiger partial charge in [-0.05, 0) is 5.41 Å². The second kappa shape index (κ2) is 4.62. The van der Waals surface area contributed by atoms with Gasteiger partial charge in [0.05, 0.1) is 0 Å². The van der Waals surface area contributed by atoms with E-state index in [1.807, 2.05) is 20.8 Å². The van der Waals surface area contributed by atoms with Gasteiger partial charge in [-0.3, -0.25) is 4.79 Å². The molecule has 2 atom stereocenters. The van der Waals surface area contributed by atoms with E-state index in [4.69, 9.17) is 0 Å². The minimum atomic E-state index is -1.09. The predicted molar refractivity (Wildman–Crippen MR) is 60.5 cm³/mol. The number of rotatable bonds is 3. The van der Waals surface area contributed by atoms with Gasteiger partial charge in [0, 0.05) is 17.9 Å². The maximum Gasteiger partial charge on any atom is 0.166 e. The number of carbonyl (C=O) groups is 1. The van der Waals surface area contributed by atoms with Crippen molar-refractivity contribution in [1.29, 1.82) is 0 Å². The molecule has 0 aromatic carbocycles. The molecule has 0 aromatic rings. The lowest BCUT2D eigenvalue weighted by atomic mass is 9.73. The van der Waals surface area contributed by atoms with Gasteiger partial charge >= 0.3 is 0 Å². The van der Waals surface area contributed by atoms with Gasteiger partial charge in [-0.2, -0.15) is 0 Å². The molecule has 2 N–H and O–H groups in total. The van der Waals surface area contributed by atoms with Crippen LogP contribution in [0, 0.1) is 16.7 Å². The molecule has 0 aromatic heterocycles. The van der Waals surface area contributed by atoms with E-state index in [9.17, 15) is 15.0 Å². The molecule has 0 unspecified atom stereocenters. The average Bonchev–Trinajstić information content (AvgIpc) is 1.99. The molecule has 0 amide bonds. The van der Waals surface area contributed by atoms with E-state index < -0.39 is 17.4 Å². The Labute approximate surface area is 92.5 Å². The largest absolute Gasteiger partial charge is 0.396 e. The second-order valence-corrected chi connectivity index (χ2v) is 6.21. The van der Waals surface area contributed by atoms with Gasteiger partial charge in [-0.1, -0.05) is 41.5 Å². The first-order valence-electron chi connectivity index (χ1n) is 5.35. The molecular weight excluding hydrogens is 192 g/mol. The van der Waals surface area contributed by atoms with Gasteiger partial charge in [-0.15, -0.1) is 0 Å². The minimum absolute atomic E-state index is 0.174. The van der Waals surface area contributed by atoms with E-state index in [1.165, 1.54) is 0 Å². The van der Waals surface area contributed by atoms with Gasteiger partial charge in [0.15, 0.2) is 5.78 Å². The van der Waals surface area contributed by atoms with Gasteiger partial charge in [-0.25, -0.2) is 0 Å². The first-order chi connectivity index (χ1) is 6.51. The van der Waals surface area contributed by atoms with Crippen molar-refractivity contribution in [3.8, 4) is 0 Å². The summed E-state index contributed by atoms with van der Waals surface area (Å²) in [5.41, 5.74) is -0.854. The normalized spacial score (nSPS) is 17.3. The Morgan fingerprint density at radius 1 is 1.13 bits per heavy atom. The molecule has 3 nitrogen and oxygen atoms in total. The molecule has 0 radical (unpaired) electrons. The fraction of sp³-hybridized carbons (Fsp3) is 0.917. The van der Waals surface area contributed by atoms with Crippen molar-refractivity contribution in [3.05, 3.63) is 0 Å². The maximum atomic E-state index is 11.9. The zero-order chi connectivity index (χ0) is 12.4. The quantitative estimate of drug-likeness (QED) is 0.753. The summed E-state index contributed by atoms with van der Waals surface area (Å²) in [6, 6.07) is 0. The third-order valence-electron chi connectivity index (χ3n) is 2.70. The summed E-state index contributed by atoms with van der Waals surface area (Å²) in [7, 11) is 0. The summed E-state index contributed by atoms with van der Waals surface area (Å²) >= 11 is 0. The third-order valence-corrected chi connectivity index (χ3v) is 2.70. The van der Waals surface area contributed by atoms with Crippen LogP contribution in [0.25, 0.3) is 0 Å². The molecular formula is C12H24O3.